The zero-order valence-corrected chi connectivity index (χ0v) is 22.8. The van der Waals surface area contributed by atoms with Crippen LogP contribution >= 0.6 is 15.9 Å². The molecule has 40 heavy (non-hydrogen) atoms. The van der Waals surface area contributed by atoms with Gasteiger partial charge in [-0.3, -0.25) is 14.6 Å². The van der Waals surface area contributed by atoms with Crippen molar-refractivity contribution in [2.24, 2.45) is 10.2 Å². The minimum Gasteiger partial charge on any atom is -0.463 e. The highest BCUT2D eigenvalue weighted by molar-refractivity contribution is 9.10. The van der Waals surface area contributed by atoms with Crippen molar-refractivity contribution in [2.45, 2.75) is 12.5 Å². The molecule has 0 aliphatic carbocycles. The second-order valence-corrected chi connectivity index (χ2v) is 10.3. The molecule has 1 aliphatic rings. The van der Waals surface area contributed by atoms with Crippen LogP contribution in [0.15, 0.2) is 121 Å². The second kappa shape index (κ2) is 11.2. The molecule has 198 valence electrons. The van der Waals surface area contributed by atoms with Crippen LogP contribution < -0.4 is 11.0 Å². The summed E-state index contributed by atoms with van der Waals surface area (Å²) in [7, 11) is 0. The third-order valence-electron chi connectivity index (χ3n) is 6.74. The first-order valence-electron chi connectivity index (χ1n) is 12.7. The van der Waals surface area contributed by atoms with Crippen LogP contribution in [0.3, 0.4) is 0 Å². The van der Waals surface area contributed by atoms with E-state index in [0.717, 1.165) is 32.1 Å². The molecule has 0 bridgehead atoms. The average molecular weight is 594 g/mol. The molecule has 6 rings (SSSR count). The number of aromatic nitrogens is 1. The number of nitrogens with one attached hydrogen (secondary N) is 2. The van der Waals surface area contributed by atoms with E-state index in [9.17, 15) is 9.59 Å². The van der Waals surface area contributed by atoms with E-state index in [1.807, 2.05) is 78.9 Å². The molecule has 3 heterocycles. The number of fused-ring (bicyclic) bond motifs is 1. The van der Waals surface area contributed by atoms with Crippen LogP contribution in [-0.4, -0.2) is 34.4 Å². The first-order valence-corrected chi connectivity index (χ1v) is 13.5. The van der Waals surface area contributed by atoms with Gasteiger partial charge in [0, 0.05) is 27.4 Å². The second-order valence-electron chi connectivity index (χ2n) is 9.34. The highest BCUT2D eigenvalue weighted by atomic mass is 79.9. The van der Waals surface area contributed by atoms with Gasteiger partial charge >= 0.3 is 0 Å². The summed E-state index contributed by atoms with van der Waals surface area (Å²) in [6.07, 6.45) is 3.42. The average Bonchev–Trinajstić information content (AvgIpc) is 3.64. The van der Waals surface area contributed by atoms with Crippen molar-refractivity contribution >= 4 is 44.7 Å². The lowest BCUT2D eigenvalue weighted by atomic mass is 9.91. The van der Waals surface area contributed by atoms with Gasteiger partial charge in [0.05, 0.1) is 29.8 Å². The quantitative estimate of drug-likeness (QED) is 0.182. The molecule has 1 amide bonds. The summed E-state index contributed by atoms with van der Waals surface area (Å²) < 4.78 is 6.12. The number of aromatic amines is 1. The van der Waals surface area contributed by atoms with E-state index in [4.69, 9.17) is 9.52 Å². The lowest BCUT2D eigenvalue weighted by Crippen LogP contribution is -2.32. The number of amides is 1. The van der Waals surface area contributed by atoms with E-state index in [-0.39, 0.29) is 24.1 Å². The number of carbonyl (C=O) groups excluding carboxylic acids is 1. The van der Waals surface area contributed by atoms with Crippen molar-refractivity contribution in [1.82, 2.24) is 15.4 Å². The molecule has 1 aliphatic heterocycles. The topological polar surface area (TPSA) is 103 Å². The third kappa shape index (κ3) is 5.23. The van der Waals surface area contributed by atoms with Gasteiger partial charge in [-0.05, 0) is 41.5 Å². The fraction of sp³-hybridized carbons (Fsp3) is 0.0968. The number of nitrogens with zero attached hydrogens (tertiary/aromatic N) is 3. The van der Waals surface area contributed by atoms with E-state index in [0.29, 0.717) is 23.5 Å². The zero-order chi connectivity index (χ0) is 27.5. The molecule has 2 N–H and O–H groups in total. The molecule has 1 atom stereocenters. The normalized spacial score (nSPS) is 15.1. The van der Waals surface area contributed by atoms with Crippen molar-refractivity contribution < 1.29 is 9.21 Å². The SMILES string of the molecule is O=C(CN1N=C(c2c(-c3ccccc3)c3cc(Br)ccc3[nH]c2=O)C[C@H]1c1ccccc1)N/N=C\c1ccco1. The molecule has 5 aromatic rings. The zero-order valence-electron chi connectivity index (χ0n) is 21.3. The maximum atomic E-state index is 13.7. The summed E-state index contributed by atoms with van der Waals surface area (Å²) in [6.45, 7) is -0.0454. The van der Waals surface area contributed by atoms with Crippen molar-refractivity contribution in [3.63, 3.8) is 0 Å². The number of hydrogen-bond donors (Lipinski definition) is 2. The number of H-pyrrole nitrogens is 1. The molecule has 3 aromatic carbocycles. The summed E-state index contributed by atoms with van der Waals surface area (Å²) in [5.41, 5.74) is 6.87. The van der Waals surface area contributed by atoms with Crippen LogP contribution in [0.25, 0.3) is 22.0 Å². The summed E-state index contributed by atoms with van der Waals surface area (Å²) in [6, 6.07) is 28.7. The van der Waals surface area contributed by atoms with Crippen LogP contribution in [0.4, 0.5) is 0 Å². The van der Waals surface area contributed by atoms with Crippen LogP contribution in [0.1, 0.15) is 29.3 Å². The number of hydrazone groups is 2. The highest BCUT2D eigenvalue weighted by Gasteiger charge is 2.33. The molecule has 0 saturated carbocycles. The van der Waals surface area contributed by atoms with E-state index < -0.39 is 0 Å². The fourth-order valence-corrected chi connectivity index (χ4v) is 5.34. The summed E-state index contributed by atoms with van der Waals surface area (Å²) in [5, 5.41) is 11.5. The van der Waals surface area contributed by atoms with Crippen LogP contribution in [0.2, 0.25) is 0 Å². The molecule has 9 heteroatoms. The van der Waals surface area contributed by atoms with Crippen molar-refractivity contribution in [2.75, 3.05) is 6.54 Å². The fourth-order valence-electron chi connectivity index (χ4n) is 4.98. The molecule has 0 saturated heterocycles. The van der Waals surface area contributed by atoms with Gasteiger partial charge in [-0.25, -0.2) is 5.43 Å². The maximum Gasteiger partial charge on any atom is 0.261 e. The summed E-state index contributed by atoms with van der Waals surface area (Å²) in [5.74, 6) is 0.188. The van der Waals surface area contributed by atoms with Crippen molar-refractivity contribution in [1.29, 1.82) is 0 Å². The molecule has 0 unspecified atom stereocenters. The van der Waals surface area contributed by atoms with Crippen LogP contribution in [-0.2, 0) is 4.79 Å². The monoisotopic (exact) mass is 593 g/mol. The Labute approximate surface area is 238 Å². The Balaban J connectivity index is 1.41. The number of halogens is 1. The smallest absolute Gasteiger partial charge is 0.261 e. The number of hydrogen-bond acceptors (Lipinski definition) is 6. The minimum atomic E-state index is -0.339. The Hall–Kier alpha value is -4.76. The first kappa shape index (κ1) is 25.5. The summed E-state index contributed by atoms with van der Waals surface area (Å²) in [4.78, 5) is 29.6. The number of carbonyl (C=O) groups is 1. The van der Waals surface area contributed by atoms with Gasteiger partial charge < -0.3 is 9.40 Å². The highest BCUT2D eigenvalue weighted by Crippen LogP contribution is 2.37. The van der Waals surface area contributed by atoms with Crippen LogP contribution in [0.5, 0.6) is 0 Å². The maximum absolute atomic E-state index is 13.7. The van der Waals surface area contributed by atoms with E-state index in [2.05, 4.69) is 31.4 Å². The van der Waals surface area contributed by atoms with Gasteiger partial charge in [0.25, 0.3) is 11.5 Å². The van der Waals surface area contributed by atoms with Gasteiger partial charge in [0.1, 0.15) is 12.3 Å². The molecular formula is C31H24BrN5O3. The number of benzene rings is 3. The predicted octanol–water partition coefficient (Wildman–Crippen LogP) is 5.85. The van der Waals surface area contributed by atoms with Gasteiger partial charge in [-0.15, -0.1) is 0 Å². The number of pyridine rings is 1. The van der Waals surface area contributed by atoms with Gasteiger partial charge in [0.15, 0.2) is 0 Å². The standard InChI is InChI=1S/C31H24BrN5O3/c32-22-13-14-25-24(16-22)29(21-10-5-2-6-11-21)30(31(39)34-25)26-17-27(20-8-3-1-4-9-20)37(36-26)19-28(38)35-33-18-23-12-7-15-40-23/h1-16,18,27H,17,19H2,(H,34,39)(H,35,38)/b33-18-/t27-/m0/s1. The van der Waals surface area contributed by atoms with Gasteiger partial charge in [-0.1, -0.05) is 76.6 Å². The van der Waals surface area contributed by atoms with E-state index in [1.165, 1.54) is 12.5 Å². The van der Waals surface area contributed by atoms with E-state index in [1.54, 1.807) is 17.1 Å². The van der Waals surface area contributed by atoms with Crippen molar-refractivity contribution in [3.8, 4) is 11.1 Å². The molecule has 8 nitrogen and oxygen atoms in total. The Kier molecular flexibility index (Phi) is 7.11. The lowest BCUT2D eigenvalue weighted by molar-refractivity contribution is -0.122. The molecular weight excluding hydrogens is 570 g/mol. The molecule has 2 aromatic heterocycles. The molecule has 0 radical (unpaired) electrons. The summed E-state index contributed by atoms with van der Waals surface area (Å²) >= 11 is 3.58. The Morgan fingerprint density at radius 3 is 2.58 bits per heavy atom. The number of rotatable bonds is 7. The third-order valence-corrected chi connectivity index (χ3v) is 7.23. The Bertz CT molecular complexity index is 1780. The predicted molar refractivity (Wildman–Crippen MR) is 159 cm³/mol. The van der Waals surface area contributed by atoms with Crippen molar-refractivity contribution in [3.05, 3.63) is 129 Å². The van der Waals surface area contributed by atoms with Crippen LogP contribution in [0, 0.1) is 0 Å². The van der Waals surface area contributed by atoms with E-state index >= 15 is 0 Å². The molecule has 0 fully saturated rings. The lowest BCUT2D eigenvalue weighted by Gasteiger charge is -2.22. The van der Waals surface area contributed by atoms with Gasteiger partial charge in [0.2, 0.25) is 0 Å². The first-order chi connectivity index (χ1) is 19.6. The molecule has 0 spiro atoms. The number of furan rings is 1. The Morgan fingerprint density at radius 1 is 1.05 bits per heavy atom. The minimum absolute atomic E-state index is 0.0454. The van der Waals surface area contributed by atoms with Gasteiger partial charge in [-0.2, -0.15) is 10.2 Å². The Morgan fingerprint density at radius 2 is 1.82 bits per heavy atom. The largest absolute Gasteiger partial charge is 0.463 e.